The number of hydrogen-bond acceptors (Lipinski definition) is 7. The molecular weight excluding hydrogens is 415 g/mol. The molecule has 0 bridgehead atoms. The molecule has 2 fully saturated rings. The van der Waals surface area contributed by atoms with E-state index < -0.39 is 9.84 Å². The maximum absolute atomic E-state index is 13.0. The number of thiazole rings is 1. The van der Waals surface area contributed by atoms with Gasteiger partial charge in [-0.05, 0) is 43.5 Å². The van der Waals surface area contributed by atoms with Crippen molar-refractivity contribution in [1.29, 1.82) is 0 Å². The van der Waals surface area contributed by atoms with Crippen LogP contribution in [0, 0.1) is 5.82 Å². The molecular formula is C20H25FN2O4S2. The van der Waals surface area contributed by atoms with Crippen LogP contribution in [0.3, 0.4) is 0 Å². The van der Waals surface area contributed by atoms with Crippen LogP contribution in [0.4, 0.5) is 4.39 Å². The zero-order valence-corrected chi connectivity index (χ0v) is 17.8. The summed E-state index contributed by atoms with van der Waals surface area (Å²) >= 11 is 1.51. The summed E-state index contributed by atoms with van der Waals surface area (Å²) < 4.78 is 48.4. The SMILES string of the molecule is O=S1(=O)CCC(N(Cc2csc(COc3ccc(F)cc3)n2)CC2CCCO2)C1. The van der Waals surface area contributed by atoms with Gasteiger partial charge >= 0.3 is 0 Å². The minimum atomic E-state index is -2.95. The summed E-state index contributed by atoms with van der Waals surface area (Å²) in [6.07, 6.45) is 2.91. The molecule has 0 saturated carbocycles. The zero-order valence-electron chi connectivity index (χ0n) is 16.1. The highest BCUT2D eigenvalue weighted by Gasteiger charge is 2.34. The van der Waals surface area contributed by atoms with E-state index in [1.807, 2.05) is 5.38 Å². The van der Waals surface area contributed by atoms with Crippen LogP contribution in [0.15, 0.2) is 29.6 Å². The summed E-state index contributed by atoms with van der Waals surface area (Å²) in [6.45, 7) is 2.44. The van der Waals surface area contributed by atoms with Crippen molar-refractivity contribution in [2.24, 2.45) is 0 Å². The molecule has 29 heavy (non-hydrogen) atoms. The Labute approximate surface area is 174 Å². The van der Waals surface area contributed by atoms with Gasteiger partial charge < -0.3 is 9.47 Å². The molecule has 1 aromatic heterocycles. The normalized spacial score (nSPS) is 23.7. The quantitative estimate of drug-likeness (QED) is 0.629. The van der Waals surface area contributed by atoms with Gasteiger partial charge in [-0.15, -0.1) is 11.3 Å². The van der Waals surface area contributed by atoms with Crippen molar-refractivity contribution in [3.8, 4) is 5.75 Å². The summed E-state index contributed by atoms with van der Waals surface area (Å²) in [7, 11) is -2.95. The molecule has 9 heteroatoms. The Morgan fingerprint density at radius 2 is 2.10 bits per heavy atom. The molecule has 1 aromatic carbocycles. The molecule has 0 N–H and O–H groups in total. The van der Waals surface area contributed by atoms with Crippen molar-refractivity contribution in [3.63, 3.8) is 0 Å². The predicted molar refractivity (Wildman–Crippen MR) is 109 cm³/mol. The molecule has 2 aliphatic rings. The van der Waals surface area contributed by atoms with Crippen molar-refractivity contribution in [3.05, 3.63) is 46.2 Å². The second kappa shape index (κ2) is 9.07. The van der Waals surface area contributed by atoms with E-state index in [4.69, 9.17) is 9.47 Å². The topological polar surface area (TPSA) is 68.7 Å². The van der Waals surface area contributed by atoms with Gasteiger partial charge in [-0.25, -0.2) is 17.8 Å². The number of aromatic nitrogens is 1. The van der Waals surface area contributed by atoms with Crippen molar-refractivity contribution in [2.45, 2.75) is 44.6 Å². The lowest BCUT2D eigenvalue weighted by Crippen LogP contribution is -2.40. The van der Waals surface area contributed by atoms with Crippen LogP contribution in [0.5, 0.6) is 5.75 Å². The van der Waals surface area contributed by atoms with Crippen LogP contribution < -0.4 is 4.74 Å². The highest BCUT2D eigenvalue weighted by atomic mass is 32.2. The minimum Gasteiger partial charge on any atom is -0.486 e. The van der Waals surface area contributed by atoms with E-state index in [0.29, 0.717) is 25.3 Å². The van der Waals surface area contributed by atoms with Gasteiger partial charge in [0.2, 0.25) is 0 Å². The number of sulfone groups is 1. The average Bonchev–Trinajstić information content (AvgIpc) is 3.42. The van der Waals surface area contributed by atoms with Crippen LogP contribution in [0.2, 0.25) is 0 Å². The lowest BCUT2D eigenvalue weighted by molar-refractivity contribution is 0.0570. The van der Waals surface area contributed by atoms with E-state index in [1.54, 1.807) is 12.1 Å². The van der Waals surface area contributed by atoms with Crippen LogP contribution in [-0.4, -0.2) is 55.1 Å². The van der Waals surface area contributed by atoms with E-state index in [1.165, 1.54) is 23.5 Å². The molecule has 2 atom stereocenters. The van der Waals surface area contributed by atoms with Gasteiger partial charge in [0.25, 0.3) is 0 Å². The third-order valence-electron chi connectivity index (χ3n) is 5.33. The Balaban J connectivity index is 1.38. The number of nitrogens with zero attached hydrogens (tertiary/aromatic N) is 2. The monoisotopic (exact) mass is 440 g/mol. The van der Waals surface area contributed by atoms with Crippen LogP contribution in [0.25, 0.3) is 0 Å². The smallest absolute Gasteiger partial charge is 0.151 e. The van der Waals surface area contributed by atoms with E-state index in [0.717, 1.165) is 36.7 Å². The summed E-state index contributed by atoms with van der Waals surface area (Å²) in [6, 6.07) is 5.93. The molecule has 0 amide bonds. The first kappa shape index (κ1) is 20.7. The largest absolute Gasteiger partial charge is 0.486 e. The van der Waals surface area contributed by atoms with E-state index in [9.17, 15) is 12.8 Å². The fraction of sp³-hybridized carbons (Fsp3) is 0.550. The zero-order chi connectivity index (χ0) is 20.3. The molecule has 0 spiro atoms. The van der Waals surface area contributed by atoms with Crippen LogP contribution >= 0.6 is 11.3 Å². The Morgan fingerprint density at radius 1 is 1.28 bits per heavy atom. The minimum absolute atomic E-state index is 0.0183. The summed E-state index contributed by atoms with van der Waals surface area (Å²) in [4.78, 5) is 6.87. The number of ether oxygens (including phenoxy) is 2. The lowest BCUT2D eigenvalue weighted by atomic mass is 10.1. The standard InChI is InChI=1S/C20H25FN2O4S2/c21-15-3-5-18(6-4-15)27-12-20-22-16(13-28-20)10-23(11-19-2-1-8-26-19)17-7-9-29(24,25)14-17/h3-6,13,17,19H,1-2,7-12,14H2. The fourth-order valence-corrected chi connectivity index (χ4v) is 6.29. The number of halogens is 1. The van der Waals surface area contributed by atoms with Gasteiger partial charge in [0.15, 0.2) is 9.84 Å². The lowest BCUT2D eigenvalue weighted by Gasteiger charge is -2.29. The molecule has 6 nitrogen and oxygen atoms in total. The molecule has 4 rings (SSSR count). The van der Waals surface area contributed by atoms with E-state index >= 15 is 0 Å². The number of hydrogen-bond donors (Lipinski definition) is 0. The second-order valence-electron chi connectivity index (χ2n) is 7.60. The Bertz CT molecular complexity index is 911. The summed E-state index contributed by atoms with van der Waals surface area (Å²) in [5.74, 6) is 0.770. The van der Waals surface area contributed by atoms with Crippen molar-refractivity contribution in [1.82, 2.24) is 9.88 Å². The summed E-state index contributed by atoms with van der Waals surface area (Å²) in [5, 5.41) is 2.83. The highest BCUT2D eigenvalue weighted by Crippen LogP contribution is 2.24. The molecule has 158 valence electrons. The Morgan fingerprint density at radius 3 is 2.79 bits per heavy atom. The van der Waals surface area contributed by atoms with E-state index in [-0.39, 0.29) is 29.5 Å². The average molecular weight is 441 g/mol. The maximum Gasteiger partial charge on any atom is 0.151 e. The number of benzene rings is 1. The molecule has 2 aromatic rings. The molecule has 0 aliphatic carbocycles. The van der Waals surface area contributed by atoms with Gasteiger partial charge in [-0.3, -0.25) is 4.90 Å². The van der Waals surface area contributed by atoms with Gasteiger partial charge in [-0.1, -0.05) is 0 Å². The predicted octanol–water partition coefficient (Wildman–Crippen LogP) is 3.03. The summed E-state index contributed by atoms with van der Waals surface area (Å²) in [5.41, 5.74) is 0.912. The Kier molecular flexibility index (Phi) is 6.48. The first-order valence-electron chi connectivity index (χ1n) is 9.84. The van der Waals surface area contributed by atoms with Crippen molar-refractivity contribution >= 4 is 21.2 Å². The van der Waals surface area contributed by atoms with Crippen LogP contribution in [-0.2, 0) is 27.7 Å². The third kappa shape index (κ3) is 5.75. The van der Waals surface area contributed by atoms with Crippen molar-refractivity contribution < 1.29 is 22.3 Å². The van der Waals surface area contributed by atoms with Crippen LogP contribution in [0.1, 0.15) is 30.0 Å². The van der Waals surface area contributed by atoms with Gasteiger partial charge in [0.1, 0.15) is 23.2 Å². The van der Waals surface area contributed by atoms with Gasteiger partial charge in [-0.2, -0.15) is 0 Å². The van der Waals surface area contributed by atoms with Gasteiger partial charge in [0, 0.05) is 31.1 Å². The van der Waals surface area contributed by atoms with Crippen molar-refractivity contribution in [2.75, 3.05) is 24.7 Å². The van der Waals surface area contributed by atoms with Gasteiger partial charge in [0.05, 0.1) is 23.3 Å². The Hall–Kier alpha value is -1.55. The molecule has 0 radical (unpaired) electrons. The first-order chi connectivity index (χ1) is 14.0. The maximum atomic E-state index is 13.0. The second-order valence-corrected chi connectivity index (χ2v) is 10.8. The number of rotatable bonds is 8. The highest BCUT2D eigenvalue weighted by molar-refractivity contribution is 7.91. The molecule has 3 heterocycles. The first-order valence-corrected chi connectivity index (χ1v) is 12.5. The molecule has 2 saturated heterocycles. The third-order valence-corrected chi connectivity index (χ3v) is 7.95. The van der Waals surface area contributed by atoms with E-state index in [2.05, 4.69) is 9.88 Å². The molecule has 2 unspecified atom stereocenters. The molecule has 2 aliphatic heterocycles. The fourth-order valence-electron chi connectivity index (χ4n) is 3.83.